The highest BCUT2D eigenvalue weighted by Crippen LogP contribution is 2.48. The van der Waals surface area contributed by atoms with Crippen molar-refractivity contribution in [1.29, 1.82) is 0 Å². The minimum atomic E-state index is 0.247. The van der Waals surface area contributed by atoms with Crippen LogP contribution in [-0.4, -0.2) is 10.2 Å². The van der Waals surface area contributed by atoms with Gasteiger partial charge in [0.1, 0.15) is 11.5 Å². The average molecular weight is 696 g/mol. The number of hydrogen-bond acceptors (Lipinski definition) is 2. The molecule has 0 amide bonds. The highest BCUT2D eigenvalue weighted by atomic mass is 79.9. The topological polar surface area (TPSA) is 40.5 Å². The van der Waals surface area contributed by atoms with E-state index in [2.05, 4.69) is 117 Å². The summed E-state index contributed by atoms with van der Waals surface area (Å²) in [6.45, 7) is 0. The van der Waals surface area contributed by atoms with Gasteiger partial charge in [0.05, 0.1) is 0 Å². The van der Waals surface area contributed by atoms with Crippen molar-refractivity contribution in [1.82, 2.24) is 0 Å². The summed E-state index contributed by atoms with van der Waals surface area (Å²) in [5.41, 5.74) is 8.91. The van der Waals surface area contributed by atoms with Gasteiger partial charge >= 0.3 is 0 Å². The number of phenolic OH excluding ortho intramolecular Hbond substituents is 2. The summed E-state index contributed by atoms with van der Waals surface area (Å²) in [7, 11) is 0. The second-order valence-corrected chi connectivity index (χ2v) is 13.0. The molecule has 0 heterocycles. The SMILES string of the molecule is Oc1ccc(-c2cc(-c3ccc(Br)cc3)c3ccc4c(-c5ccc(O)cc5)cc(-c5ccc(Br)cc5)c5ccc2c3c45)cc1. The molecule has 0 unspecified atom stereocenters. The molecule has 0 aliphatic rings. The molecule has 8 aromatic rings. The number of rotatable bonds is 4. The molecule has 0 radical (unpaired) electrons. The standard InChI is InChI=1S/C40H24Br2O2/c41-27-9-1-23(2-10-27)35-21-37(25-5-13-29(43)14-6-25)33-20-18-32-36(24-3-11-28(42)12-4-24)22-38(26-7-15-30(44)16-8-26)34-19-17-31(35)39(33)40(32)34/h1-22,43-44H. The van der Waals surface area contributed by atoms with E-state index in [1.807, 2.05) is 24.3 Å². The van der Waals surface area contributed by atoms with Crippen molar-refractivity contribution in [2.24, 2.45) is 0 Å². The van der Waals surface area contributed by atoms with E-state index in [0.717, 1.165) is 64.2 Å². The second-order valence-electron chi connectivity index (χ2n) is 11.1. The Labute approximate surface area is 271 Å². The molecule has 2 nitrogen and oxygen atoms in total. The van der Waals surface area contributed by atoms with Crippen LogP contribution in [0, 0.1) is 0 Å². The maximum absolute atomic E-state index is 10.1. The molecule has 8 rings (SSSR count). The quantitative estimate of drug-likeness (QED) is 0.180. The van der Waals surface area contributed by atoms with Crippen LogP contribution in [0.25, 0.3) is 76.8 Å². The van der Waals surface area contributed by atoms with E-state index in [1.54, 1.807) is 24.3 Å². The lowest BCUT2D eigenvalue weighted by molar-refractivity contribution is 0.475. The van der Waals surface area contributed by atoms with Crippen molar-refractivity contribution in [3.63, 3.8) is 0 Å². The maximum Gasteiger partial charge on any atom is 0.115 e. The monoisotopic (exact) mass is 694 g/mol. The van der Waals surface area contributed by atoms with Gasteiger partial charge in [-0.15, -0.1) is 0 Å². The Balaban J connectivity index is 1.56. The number of benzene rings is 8. The fraction of sp³-hybridized carbons (Fsp3) is 0. The zero-order chi connectivity index (χ0) is 29.9. The van der Waals surface area contributed by atoms with Crippen molar-refractivity contribution in [2.75, 3.05) is 0 Å². The predicted octanol–water partition coefficient (Wildman–Crippen LogP) is 12.2. The first kappa shape index (κ1) is 26.9. The summed E-state index contributed by atoms with van der Waals surface area (Å²) in [6, 6.07) is 45.5. The molecule has 210 valence electrons. The molecule has 0 atom stereocenters. The molecule has 0 spiro atoms. The Morgan fingerprint density at radius 2 is 0.568 bits per heavy atom. The molecule has 0 fully saturated rings. The molecule has 0 saturated carbocycles. The van der Waals surface area contributed by atoms with Crippen LogP contribution in [0.5, 0.6) is 11.5 Å². The summed E-state index contributed by atoms with van der Waals surface area (Å²) < 4.78 is 2.07. The van der Waals surface area contributed by atoms with Gasteiger partial charge in [-0.3, -0.25) is 0 Å². The zero-order valence-corrected chi connectivity index (χ0v) is 26.5. The third-order valence-corrected chi connectivity index (χ3v) is 9.62. The smallest absolute Gasteiger partial charge is 0.115 e. The number of phenols is 2. The highest BCUT2D eigenvalue weighted by molar-refractivity contribution is 9.10. The average Bonchev–Trinajstić information content (AvgIpc) is 3.05. The molecule has 0 bridgehead atoms. The summed E-state index contributed by atoms with van der Waals surface area (Å²) in [6.07, 6.45) is 0. The Hall–Kier alpha value is -4.64. The molecule has 8 aromatic carbocycles. The summed E-state index contributed by atoms with van der Waals surface area (Å²) in [5.74, 6) is 0.495. The van der Waals surface area contributed by atoms with Crippen LogP contribution < -0.4 is 0 Å². The molecule has 0 aliphatic carbocycles. The van der Waals surface area contributed by atoms with Crippen molar-refractivity contribution in [3.8, 4) is 56.0 Å². The molecule has 4 heteroatoms. The minimum absolute atomic E-state index is 0.247. The largest absolute Gasteiger partial charge is 0.508 e. The van der Waals surface area contributed by atoms with E-state index in [9.17, 15) is 10.2 Å². The zero-order valence-electron chi connectivity index (χ0n) is 23.4. The Morgan fingerprint density at radius 3 is 0.841 bits per heavy atom. The van der Waals surface area contributed by atoms with Gasteiger partial charge in [0, 0.05) is 8.95 Å². The fourth-order valence-corrected chi connectivity index (χ4v) is 7.02. The van der Waals surface area contributed by atoms with Crippen molar-refractivity contribution in [3.05, 3.63) is 142 Å². The van der Waals surface area contributed by atoms with E-state index in [-0.39, 0.29) is 11.5 Å². The second kappa shape index (κ2) is 10.5. The molecule has 0 aliphatic heterocycles. The lowest BCUT2D eigenvalue weighted by atomic mass is 9.82. The minimum Gasteiger partial charge on any atom is -0.508 e. The first-order chi connectivity index (χ1) is 21.4. The van der Waals surface area contributed by atoms with Crippen molar-refractivity contribution in [2.45, 2.75) is 0 Å². The fourth-order valence-electron chi connectivity index (χ4n) is 6.49. The maximum atomic E-state index is 10.1. The van der Waals surface area contributed by atoms with Crippen LogP contribution in [-0.2, 0) is 0 Å². The normalized spacial score (nSPS) is 11.6. The first-order valence-electron chi connectivity index (χ1n) is 14.3. The van der Waals surface area contributed by atoms with Gasteiger partial charge in [0.15, 0.2) is 0 Å². The number of hydrogen-bond donors (Lipinski definition) is 2. The van der Waals surface area contributed by atoms with Crippen LogP contribution >= 0.6 is 31.9 Å². The van der Waals surface area contributed by atoms with E-state index in [1.165, 1.54) is 21.5 Å². The van der Waals surface area contributed by atoms with E-state index >= 15 is 0 Å². The van der Waals surface area contributed by atoms with Crippen LogP contribution in [0.15, 0.2) is 142 Å². The number of aromatic hydroxyl groups is 2. The Morgan fingerprint density at radius 1 is 0.318 bits per heavy atom. The van der Waals surface area contributed by atoms with Crippen LogP contribution in [0.2, 0.25) is 0 Å². The van der Waals surface area contributed by atoms with E-state index in [0.29, 0.717) is 0 Å². The van der Waals surface area contributed by atoms with Gasteiger partial charge in [0.25, 0.3) is 0 Å². The summed E-state index contributed by atoms with van der Waals surface area (Å²) in [4.78, 5) is 0. The van der Waals surface area contributed by atoms with Crippen molar-refractivity contribution >= 4 is 64.2 Å². The summed E-state index contributed by atoms with van der Waals surface area (Å²) in [5, 5.41) is 27.3. The van der Waals surface area contributed by atoms with E-state index in [4.69, 9.17) is 0 Å². The third-order valence-electron chi connectivity index (χ3n) is 8.57. The highest BCUT2D eigenvalue weighted by Gasteiger charge is 2.21. The Bertz CT molecular complexity index is 2000. The van der Waals surface area contributed by atoms with Gasteiger partial charge in [-0.2, -0.15) is 0 Å². The van der Waals surface area contributed by atoms with Gasteiger partial charge in [-0.05, 0) is 137 Å². The number of halogens is 2. The van der Waals surface area contributed by atoms with Gasteiger partial charge < -0.3 is 10.2 Å². The molecule has 44 heavy (non-hydrogen) atoms. The first-order valence-corrected chi connectivity index (χ1v) is 15.9. The lowest BCUT2D eigenvalue weighted by Gasteiger charge is -2.21. The molecular weight excluding hydrogens is 672 g/mol. The van der Waals surface area contributed by atoms with Crippen LogP contribution in [0.4, 0.5) is 0 Å². The van der Waals surface area contributed by atoms with Crippen LogP contribution in [0.3, 0.4) is 0 Å². The van der Waals surface area contributed by atoms with Gasteiger partial charge in [0.2, 0.25) is 0 Å². The third kappa shape index (κ3) is 4.45. The summed E-state index contributed by atoms with van der Waals surface area (Å²) >= 11 is 7.21. The van der Waals surface area contributed by atoms with Gasteiger partial charge in [-0.1, -0.05) is 105 Å². The molecule has 0 aromatic heterocycles. The van der Waals surface area contributed by atoms with Crippen LogP contribution in [0.1, 0.15) is 0 Å². The lowest BCUT2D eigenvalue weighted by Crippen LogP contribution is -1.94. The van der Waals surface area contributed by atoms with Crippen molar-refractivity contribution < 1.29 is 10.2 Å². The molecular formula is C40H24Br2O2. The predicted molar refractivity (Wildman–Crippen MR) is 191 cm³/mol. The Kier molecular flexibility index (Phi) is 6.44. The van der Waals surface area contributed by atoms with E-state index < -0.39 is 0 Å². The molecule has 0 saturated heterocycles. The van der Waals surface area contributed by atoms with Gasteiger partial charge in [-0.25, -0.2) is 0 Å². The molecule has 2 N–H and O–H groups in total.